The number of hydrogen-bond acceptors (Lipinski definition) is 4. The maximum absolute atomic E-state index is 12.2. The number of sulfonamides is 1. The van der Waals surface area contributed by atoms with Gasteiger partial charge in [0.25, 0.3) is 10.0 Å². The van der Waals surface area contributed by atoms with Crippen molar-refractivity contribution in [3.8, 4) is 0 Å². The van der Waals surface area contributed by atoms with Crippen LogP contribution < -0.4 is 10.5 Å². The summed E-state index contributed by atoms with van der Waals surface area (Å²) in [5.41, 5.74) is 5.89. The summed E-state index contributed by atoms with van der Waals surface area (Å²) in [6.45, 7) is 0.502. The first-order chi connectivity index (χ1) is 9.01. The summed E-state index contributed by atoms with van der Waals surface area (Å²) >= 11 is 7.04. The van der Waals surface area contributed by atoms with E-state index in [-0.39, 0.29) is 4.21 Å². The van der Waals surface area contributed by atoms with Gasteiger partial charge in [-0.2, -0.15) is 0 Å². The van der Waals surface area contributed by atoms with Crippen LogP contribution in [0.2, 0.25) is 5.02 Å². The lowest BCUT2D eigenvalue weighted by Gasteiger charge is -2.06. The van der Waals surface area contributed by atoms with E-state index in [1.165, 1.54) is 11.3 Å². The average molecular weight is 317 g/mol. The van der Waals surface area contributed by atoms with Gasteiger partial charge in [-0.1, -0.05) is 17.7 Å². The molecule has 0 saturated carbocycles. The average Bonchev–Trinajstić information content (AvgIpc) is 2.78. The van der Waals surface area contributed by atoms with Crippen LogP contribution in [0, 0.1) is 0 Å². The van der Waals surface area contributed by atoms with Crippen LogP contribution in [-0.2, 0) is 16.4 Å². The fourth-order valence-electron chi connectivity index (χ4n) is 1.54. The minimum atomic E-state index is -3.56. The Morgan fingerprint density at radius 3 is 2.74 bits per heavy atom. The summed E-state index contributed by atoms with van der Waals surface area (Å²) in [7, 11) is -3.56. The van der Waals surface area contributed by atoms with Crippen molar-refractivity contribution in [3.05, 3.63) is 46.3 Å². The van der Waals surface area contributed by atoms with Crippen molar-refractivity contribution in [3.63, 3.8) is 0 Å². The van der Waals surface area contributed by atoms with Gasteiger partial charge in [-0.3, -0.25) is 4.72 Å². The molecule has 2 aromatic rings. The zero-order valence-corrected chi connectivity index (χ0v) is 12.4. The van der Waals surface area contributed by atoms with E-state index in [9.17, 15) is 8.42 Å². The summed E-state index contributed by atoms with van der Waals surface area (Å²) in [6.07, 6.45) is 0.678. The Morgan fingerprint density at radius 2 is 2.05 bits per heavy atom. The summed E-state index contributed by atoms with van der Waals surface area (Å²) in [4.78, 5) is 0.953. The Balaban J connectivity index is 2.22. The summed E-state index contributed by atoms with van der Waals surface area (Å²) in [5, 5.41) is 0.482. The molecule has 0 spiro atoms. The molecule has 3 N–H and O–H groups in total. The van der Waals surface area contributed by atoms with Crippen molar-refractivity contribution in [2.24, 2.45) is 5.73 Å². The number of anilines is 1. The first-order valence-electron chi connectivity index (χ1n) is 5.58. The number of nitrogens with one attached hydrogen (secondary N) is 1. The minimum absolute atomic E-state index is 0.274. The number of nitrogens with two attached hydrogens (primary N) is 1. The van der Waals surface area contributed by atoms with E-state index >= 15 is 0 Å². The van der Waals surface area contributed by atoms with Gasteiger partial charge in [0, 0.05) is 9.90 Å². The SMILES string of the molecule is NCCc1ccc(S(=O)(=O)Nc2cccc(Cl)c2)s1. The topological polar surface area (TPSA) is 72.2 Å². The number of rotatable bonds is 5. The van der Waals surface area contributed by atoms with E-state index in [1.54, 1.807) is 36.4 Å². The summed E-state index contributed by atoms with van der Waals surface area (Å²) < 4.78 is 27.1. The second-order valence-electron chi connectivity index (χ2n) is 3.88. The lowest BCUT2D eigenvalue weighted by atomic mass is 10.3. The van der Waals surface area contributed by atoms with Crippen molar-refractivity contribution in [2.45, 2.75) is 10.6 Å². The monoisotopic (exact) mass is 316 g/mol. The van der Waals surface area contributed by atoms with Crippen LogP contribution in [-0.4, -0.2) is 15.0 Å². The van der Waals surface area contributed by atoms with Gasteiger partial charge in [-0.05, 0) is 43.3 Å². The first-order valence-corrected chi connectivity index (χ1v) is 8.26. The van der Waals surface area contributed by atoms with E-state index in [0.29, 0.717) is 23.7 Å². The third kappa shape index (κ3) is 3.70. The third-order valence-electron chi connectivity index (χ3n) is 2.37. The van der Waals surface area contributed by atoms with Gasteiger partial charge in [0.05, 0.1) is 5.69 Å². The molecular formula is C12H13ClN2O2S2. The van der Waals surface area contributed by atoms with Gasteiger partial charge in [0.15, 0.2) is 0 Å². The number of thiophene rings is 1. The molecule has 0 aliphatic carbocycles. The number of benzene rings is 1. The standard InChI is InChI=1S/C12H13ClN2O2S2/c13-9-2-1-3-10(8-9)15-19(16,17)12-5-4-11(18-12)6-7-14/h1-5,8,15H,6-7,14H2. The van der Waals surface area contributed by atoms with Gasteiger partial charge in [0.2, 0.25) is 0 Å². The second-order valence-corrected chi connectivity index (χ2v) is 7.39. The van der Waals surface area contributed by atoms with E-state index in [0.717, 1.165) is 4.88 Å². The molecule has 0 saturated heterocycles. The van der Waals surface area contributed by atoms with Crippen LogP contribution in [0.4, 0.5) is 5.69 Å². The Labute approximate surface area is 121 Å². The molecule has 0 fully saturated rings. The zero-order chi connectivity index (χ0) is 13.9. The van der Waals surface area contributed by atoms with Crippen molar-refractivity contribution < 1.29 is 8.42 Å². The van der Waals surface area contributed by atoms with E-state index in [1.807, 2.05) is 0 Å². The molecule has 1 heterocycles. The fraction of sp³-hybridized carbons (Fsp3) is 0.167. The molecule has 2 rings (SSSR count). The zero-order valence-electron chi connectivity index (χ0n) is 9.97. The molecule has 0 aliphatic rings. The molecule has 0 radical (unpaired) electrons. The van der Waals surface area contributed by atoms with Crippen LogP contribution in [0.15, 0.2) is 40.6 Å². The smallest absolute Gasteiger partial charge is 0.271 e. The molecule has 0 amide bonds. The quantitative estimate of drug-likeness (QED) is 0.891. The normalized spacial score (nSPS) is 11.5. The summed E-state index contributed by atoms with van der Waals surface area (Å²) in [5.74, 6) is 0. The molecule has 4 nitrogen and oxygen atoms in total. The molecule has 1 aromatic carbocycles. The first kappa shape index (κ1) is 14.3. The maximum Gasteiger partial charge on any atom is 0.271 e. The predicted molar refractivity (Wildman–Crippen MR) is 79.3 cm³/mol. The Bertz CT molecular complexity index is 668. The molecule has 0 unspecified atom stereocenters. The van der Waals surface area contributed by atoms with E-state index in [4.69, 9.17) is 17.3 Å². The third-order valence-corrected chi connectivity index (χ3v) is 5.62. The molecule has 0 atom stereocenters. The van der Waals surface area contributed by atoms with Gasteiger partial charge >= 0.3 is 0 Å². The van der Waals surface area contributed by atoms with Gasteiger partial charge < -0.3 is 5.73 Å². The van der Waals surface area contributed by atoms with Gasteiger partial charge in [0.1, 0.15) is 4.21 Å². The van der Waals surface area contributed by atoms with Crippen LogP contribution in [0.5, 0.6) is 0 Å². The summed E-state index contributed by atoms with van der Waals surface area (Å²) in [6, 6.07) is 9.95. The predicted octanol–water partition coefficient (Wildman–Crippen LogP) is 2.70. The van der Waals surface area contributed by atoms with Crippen molar-refractivity contribution in [2.75, 3.05) is 11.3 Å². The largest absolute Gasteiger partial charge is 0.330 e. The highest BCUT2D eigenvalue weighted by molar-refractivity contribution is 7.94. The fourth-order valence-corrected chi connectivity index (χ4v) is 4.15. The highest BCUT2D eigenvalue weighted by Gasteiger charge is 2.16. The Hall–Kier alpha value is -1.08. The van der Waals surface area contributed by atoms with Crippen LogP contribution in [0.3, 0.4) is 0 Å². The highest BCUT2D eigenvalue weighted by Crippen LogP contribution is 2.25. The van der Waals surface area contributed by atoms with Crippen LogP contribution in [0.25, 0.3) is 0 Å². The lowest BCUT2D eigenvalue weighted by molar-refractivity contribution is 0.603. The molecule has 0 aliphatic heterocycles. The Kier molecular flexibility index (Phi) is 4.46. The van der Waals surface area contributed by atoms with Crippen molar-refractivity contribution >= 4 is 38.6 Å². The number of hydrogen-bond donors (Lipinski definition) is 2. The van der Waals surface area contributed by atoms with Crippen LogP contribution >= 0.6 is 22.9 Å². The molecule has 7 heteroatoms. The molecule has 19 heavy (non-hydrogen) atoms. The van der Waals surface area contributed by atoms with Gasteiger partial charge in [-0.25, -0.2) is 8.42 Å². The van der Waals surface area contributed by atoms with E-state index < -0.39 is 10.0 Å². The van der Waals surface area contributed by atoms with E-state index in [2.05, 4.69) is 4.72 Å². The Morgan fingerprint density at radius 1 is 1.26 bits per heavy atom. The molecule has 102 valence electrons. The van der Waals surface area contributed by atoms with Crippen molar-refractivity contribution in [1.29, 1.82) is 0 Å². The number of halogens is 1. The van der Waals surface area contributed by atoms with Gasteiger partial charge in [-0.15, -0.1) is 11.3 Å². The maximum atomic E-state index is 12.2. The van der Waals surface area contributed by atoms with Crippen LogP contribution in [0.1, 0.15) is 4.88 Å². The second kappa shape index (κ2) is 5.92. The molecule has 1 aromatic heterocycles. The molecular weight excluding hydrogens is 304 g/mol. The molecule has 0 bridgehead atoms. The minimum Gasteiger partial charge on any atom is -0.330 e. The van der Waals surface area contributed by atoms with Crippen molar-refractivity contribution in [1.82, 2.24) is 0 Å². The lowest BCUT2D eigenvalue weighted by Crippen LogP contribution is -2.11. The highest BCUT2D eigenvalue weighted by atomic mass is 35.5.